The van der Waals surface area contributed by atoms with Crippen molar-refractivity contribution in [2.45, 2.75) is 33.8 Å². The molecule has 3 rings (SSSR count). The number of rotatable bonds is 6. The van der Waals surface area contributed by atoms with Crippen molar-refractivity contribution in [2.24, 2.45) is 0 Å². The van der Waals surface area contributed by atoms with Crippen molar-refractivity contribution in [2.75, 3.05) is 18.6 Å². The van der Waals surface area contributed by atoms with E-state index in [1.54, 1.807) is 24.6 Å². The van der Waals surface area contributed by atoms with Crippen molar-refractivity contribution in [1.82, 2.24) is 9.38 Å². The first-order valence-electron chi connectivity index (χ1n) is 9.59. The Balaban J connectivity index is 1.96. The first kappa shape index (κ1) is 20.4. The third kappa shape index (κ3) is 4.08. The monoisotopic (exact) mass is 395 g/mol. The van der Waals surface area contributed by atoms with E-state index in [1.165, 1.54) is 4.90 Å². The molecule has 0 unspecified atom stereocenters. The summed E-state index contributed by atoms with van der Waals surface area (Å²) >= 11 is 0. The summed E-state index contributed by atoms with van der Waals surface area (Å²) < 4.78 is 12.7. The number of fused-ring (bicyclic) bond motifs is 1. The zero-order valence-electron chi connectivity index (χ0n) is 17.1. The van der Waals surface area contributed by atoms with Crippen LogP contribution in [0.15, 0.2) is 42.6 Å². The molecule has 0 radical (unpaired) electrons. The van der Waals surface area contributed by atoms with Crippen LogP contribution in [0, 0.1) is 6.92 Å². The summed E-state index contributed by atoms with van der Waals surface area (Å²) in [5, 5.41) is 0. The molecule has 7 heteroatoms. The van der Waals surface area contributed by atoms with Gasteiger partial charge in [-0.05, 0) is 43.5 Å². The average molecular weight is 395 g/mol. The molecule has 152 valence electrons. The van der Waals surface area contributed by atoms with Gasteiger partial charge in [-0.25, -0.2) is 9.78 Å². The SMILES string of the molecule is CCOC(=O)C(=O)N(C)c1c(CC)nc2c(OCc3ccccc3C)cccn12. The maximum Gasteiger partial charge on any atom is 0.397 e. The quantitative estimate of drug-likeness (QED) is 0.473. The number of amides is 1. The number of anilines is 1. The highest BCUT2D eigenvalue weighted by Crippen LogP contribution is 2.29. The van der Waals surface area contributed by atoms with Gasteiger partial charge in [0.1, 0.15) is 12.4 Å². The van der Waals surface area contributed by atoms with Crippen LogP contribution in [0.3, 0.4) is 0 Å². The lowest BCUT2D eigenvalue weighted by molar-refractivity contribution is -0.153. The molecule has 29 heavy (non-hydrogen) atoms. The minimum atomic E-state index is -0.890. The fourth-order valence-electron chi connectivity index (χ4n) is 3.14. The number of hydrogen-bond donors (Lipinski definition) is 0. The number of pyridine rings is 1. The molecule has 0 aliphatic carbocycles. The first-order valence-corrected chi connectivity index (χ1v) is 9.59. The predicted octanol–water partition coefficient (Wildman–Crippen LogP) is 3.31. The van der Waals surface area contributed by atoms with Crippen molar-refractivity contribution in [3.05, 3.63) is 59.4 Å². The molecular formula is C22H25N3O4. The highest BCUT2D eigenvalue weighted by Gasteiger charge is 2.27. The van der Waals surface area contributed by atoms with E-state index in [4.69, 9.17) is 9.47 Å². The maximum atomic E-state index is 12.5. The first-order chi connectivity index (χ1) is 14.0. The van der Waals surface area contributed by atoms with E-state index in [0.29, 0.717) is 35.9 Å². The van der Waals surface area contributed by atoms with Crippen molar-refractivity contribution >= 4 is 23.3 Å². The Hall–Kier alpha value is -3.35. The Morgan fingerprint density at radius 2 is 1.90 bits per heavy atom. The summed E-state index contributed by atoms with van der Waals surface area (Å²) in [6.07, 6.45) is 2.39. The number of hydrogen-bond acceptors (Lipinski definition) is 5. The molecule has 7 nitrogen and oxygen atoms in total. The summed E-state index contributed by atoms with van der Waals surface area (Å²) in [7, 11) is 1.54. The summed E-state index contributed by atoms with van der Waals surface area (Å²) in [5.41, 5.74) is 3.53. The van der Waals surface area contributed by atoms with Crippen molar-refractivity contribution < 1.29 is 19.1 Å². The number of esters is 1. The van der Waals surface area contributed by atoms with Gasteiger partial charge in [0.2, 0.25) is 0 Å². The normalized spacial score (nSPS) is 10.8. The van der Waals surface area contributed by atoms with E-state index >= 15 is 0 Å². The zero-order chi connectivity index (χ0) is 21.0. The smallest absolute Gasteiger partial charge is 0.397 e. The number of aromatic nitrogens is 2. The summed E-state index contributed by atoms with van der Waals surface area (Å²) in [6, 6.07) is 11.7. The highest BCUT2D eigenvalue weighted by atomic mass is 16.5. The van der Waals surface area contributed by atoms with Gasteiger partial charge in [0.05, 0.1) is 12.3 Å². The minimum absolute atomic E-state index is 0.142. The lowest BCUT2D eigenvalue weighted by Gasteiger charge is -2.17. The molecule has 0 saturated carbocycles. The second kappa shape index (κ2) is 8.77. The van der Waals surface area contributed by atoms with Gasteiger partial charge in [-0.15, -0.1) is 0 Å². The molecular weight excluding hydrogens is 370 g/mol. The molecule has 0 saturated heterocycles. The summed E-state index contributed by atoms with van der Waals surface area (Å²) in [4.78, 5) is 30.3. The van der Waals surface area contributed by atoms with Crippen LogP contribution in [0.4, 0.5) is 5.82 Å². The molecule has 0 aliphatic rings. The van der Waals surface area contributed by atoms with Gasteiger partial charge in [-0.2, -0.15) is 0 Å². The lowest BCUT2D eigenvalue weighted by atomic mass is 10.1. The average Bonchev–Trinajstić information content (AvgIpc) is 3.11. The van der Waals surface area contributed by atoms with Crippen molar-refractivity contribution in [3.8, 4) is 5.75 Å². The van der Waals surface area contributed by atoms with Gasteiger partial charge in [-0.3, -0.25) is 14.1 Å². The molecule has 1 amide bonds. The molecule has 0 atom stereocenters. The minimum Gasteiger partial charge on any atom is -0.485 e. The third-order valence-corrected chi connectivity index (χ3v) is 4.71. The number of aryl methyl sites for hydroxylation is 2. The highest BCUT2D eigenvalue weighted by molar-refractivity contribution is 6.37. The van der Waals surface area contributed by atoms with Gasteiger partial charge in [0.25, 0.3) is 0 Å². The van der Waals surface area contributed by atoms with Crippen LogP contribution >= 0.6 is 0 Å². The Morgan fingerprint density at radius 1 is 1.14 bits per heavy atom. The molecule has 0 aliphatic heterocycles. The Morgan fingerprint density at radius 3 is 2.59 bits per heavy atom. The van der Waals surface area contributed by atoms with E-state index in [0.717, 1.165) is 11.1 Å². The molecule has 0 N–H and O–H groups in total. The van der Waals surface area contributed by atoms with E-state index in [-0.39, 0.29) is 6.61 Å². The van der Waals surface area contributed by atoms with E-state index in [1.807, 2.05) is 50.2 Å². The summed E-state index contributed by atoms with van der Waals surface area (Å²) in [5.74, 6) is -0.496. The zero-order valence-corrected chi connectivity index (χ0v) is 17.1. The molecule has 3 aromatic rings. The van der Waals surface area contributed by atoms with Gasteiger partial charge >= 0.3 is 11.9 Å². The Bertz CT molecular complexity index is 1040. The van der Waals surface area contributed by atoms with Gasteiger partial charge in [0, 0.05) is 13.2 Å². The van der Waals surface area contributed by atoms with Crippen LogP contribution in [0.5, 0.6) is 5.75 Å². The molecule has 0 bridgehead atoms. The fraction of sp³-hybridized carbons (Fsp3) is 0.318. The topological polar surface area (TPSA) is 73.1 Å². The van der Waals surface area contributed by atoms with Crippen LogP contribution in [-0.2, 0) is 27.4 Å². The largest absolute Gasteiger partial charge is 0.485 e. The maximum absolute atomic E-state index is 12.5. The number of ether oxygens (including phenoxy) is 2. The molecule has 2 heterocycles. The van der Waals surface area contributed by atoms with Gasteiger partial charge in [0.15, 0.2) is 11.4 Å². The van der Waals surface area contributed by atoms with Crippen LogP contribution in [0.1, 0.15) is 30.7 Å². The third-order valence-electron chi connectivity index (χ3n) is 4.71. The molecule has 0 spiro atoms. The van der Waals surface area contributed by atoms with Crippen LogP contribution in [0.2, 0.25) is 0 Å². The van der Waals surface area contributed by atoms with E-state index in [9.17, 15) is 9.59 Å². The Kier molecular flexibility index (Phi) is 6.16. The number of likely N-dealkylation sites (N-methyl/N-ethyl adjacent to an activating group) is 1. The number of benzene rings is 1. The molecule has 0 fully saturated rings. The standard InChI is InChI=1S/C22H25N3O4/c1-5-17-20(24(4)21(26)22(27)28-6-2)25-13-9-12-18(19(25)23-17)29-14-16-11-8-7-10-15(16)3/h7-13H,5-6,14H2,1-4H3. The number of carbonyl (C=O) groups excluding carboxylic acids is 2. The van der Waals surface area contributed by atoms with Crippen LogP contribution in [-0.4, -0.2) is 34.9 Å². The lowest BCUT2D eigenvalue weighted by Crippen LogP contribution is -2.35. The number of imidazole rings is 1. The number of carbonyl (C=O) groups is 2. The number of nitrogens with zero attached hydrogens (tertiary/aromatic N) is 3. The van der Waals surface area contributed by atoms with Crippen LogP contribution < -0.4 is 9.64 Å². The van der Waals surface area contributed by atoms with Gasteiger partial charge in [-0.1, -0.05) is 31.2 Å². The second-order valence-electron chi connectivity index (χ2n) is 6.60. The molecule has 1 aromatic carbocycles. The van der Waals surface area contributed by atoms with Crippen LogP contribution in [0.25, 0.3) is 5.65 Å². The second-order valence-corrected chi connectivity index (χ2v) is 6.60. The van der Waals surface area contributed by atoms with E-state index < -0.39 is 11.9 Å². The van der Waals surface area contributed by atoms with E-state index in [2.05, 4.69) is 4.98 Å². The fourth-order valence-corrected chi connectivity index (χ4v) is 3.14. The van der Waals surface area contributed by atoms with Gasteiger partial charge < -0.3 is 9.47 Å². The molecule has 2 aromatic heterocycles. The van der Waals surface area contributed by atoms with Crippen molar-refractivity contribution in [1.29, 1.82) is 0 Å². The predicted molar refractivity (Wildman–Crippen MR) is 110 cm³/mol. The van der Waals surface area contributed by atoms with Crippen molar-refractivity contribution in [3.63, 3.8) is 0 Å². The Labute approximate surface area is 169 Å². The summed E-state index contributed by atoms with van der Waals surface area (Å²) in [6.45, 7) is 6.20.